The van der Waals surface area contributed by atoms with E-state index in [4.69, 9.17) is 4.42 Å². The van der Waals surface area contributed by atoms with Crippen LogP contribution in [0.1, 0.15) is 30.9 Å². The van der Waals surface area contributed by atoms with E-state index in [-0.39, 0.29) is 17.4 Å². The molecule has 0 bridgehead atoms. The van der Waals surface area contributed by atoms with Gasteiger partial charge < -0.3 is 15.1 Å². The lowest BCUT2D eigenvalue weighted by Crippen LogP contribution is -2.31. The number of nitriles is 1. The van der Waals surface area contributed by atoms with Crippen molar-refractivity contribution in [2.75, 3.05) is 11.1 Å². The maximum atomic E-state index is 12.7. The molecule has 5 rings (SSSR count). The van der Waals surface area contributed by atoms with Crippen molar-refractivity contribution in [2.24, 2.45) is 0 Å². The number of hydrogen-bond acceptors (Lipinski definition) is 8. The van der Waals surface area contributed by atoms with Crippen molar-refractivity contribution in [1.82, 2.24) is 10.3 Å². The number of dihydropyridines is 1. The molecule has 1 atom stereocenters. The Bertz CT molecular complexity index is 1280. The fraction of sp³-hybridized carbons (Fsp3) is 0.217. The maximum absolute atomic E-state index is 12.7. The molecule has 0 saturated carbocycles. The van der Waals surface area contributed by atoms with Gasteiger partial charge in [-0.25, -0.2) is 4.98 Å². The number of benzene rings is 1. The fourth-order valence-electron chi connectivity index (χ4n) is 4.00. The van der Waals surface area contributed by atoms with E-state index in [2.05, 4.69) is 21.7 Å². The number of furan rings is 1. The molecule has 7 nitrogen and oxygen atoms in total. The van der Waals surface area contributed by atoms with Gasteiger partial charge in [0.1, 0.15) is 5.76 Å². The normalized spacial score (nSPS) is 18.3. The second-order valence-electron chi connectivity index (χ2n) is 7.42. The van der Waals surface area contributed by atoms with E-state index in [1.54, 1.807) is 12.1 Å². The molecular formula is C23H18N4O3S2. The lowest BCUT2D eigenvalue weighted by atomic mass is 9.79. The van der Waals surface area contributed by atoms with Crippen molar-refractivity contribution < 1.29 is 14.0 Å². The number of amides is 1. The Morgan fingerprint density at radius 2 is 2.19 bits per heavy atom. The summed E-state index contributed by atoms with van der Waals surface area (Å²) in [4.78, 5) is 29.7. The molecule has 0 saturated heterocycles. The van der Waals surface area contributed by atoms with Crippen LogP contribution in [-0.2, 0) is 9.59 Å². The fourth-order valence-corrected chi connectivity index (χ4v) is 5.74. The number of para-hydroxylation sites is 1. The number of Topliss-reactive ketones (excluding diaryl/α,β-unsaturated/α-hetero) is 1. The van der Waals surface area contributed by atoms with Gasteiger partial charge in [-0.2, -0.15) is 5.26 Å². The number of rotatable bonds is 5. The van der Waals surface area contributed by atoms with E-state index in [0.717, 1.165) is 28.8 Å². The molecule has 1 aliphatic heterocycles. The first kappa shape index (κ1) is 20.5. The van der Waals surface area contributed by atoms with Crippen molar-refractivity contribution >= 4 is 50.1 Å². The molecule has 9 heteroatoms. The topological polar surface area (TPSA) is 108 Å². The number of carbonyl (C=O) groups is 2. The van der Waals surface area contributed by atoms with Crippen molar-refractivity contribution in [2.45, 2.75) is 25.2 Å². The zero-order valence-electron chi connectivity index (χ0n) is 16.9. The van der Waals surface area contributed by atoms with Crippen LogP contribution in [0.15, 0.2) is 69.0 Å². The highest BCUT2D eigenvalue weighted by molar-refractivity contribution is 8.03. The van der Waals surface area contributed by atoms with Crippen molar-refractivity contribution in [3.8, 4) is 6.07 Å². The lowest BCUT2D eigenvalue weighted by Gasteiger charge is -2.32. The highest BCUT2D eigenvalue weighted by Gasteiger charge is 2.38. The molecule has 1 amide bonds. The number of nitrogens with zero attached hydrogens (tertiary/aromatic N) is 2. The predicted molar refractivity (Wildman–Crippen MR) is 124 cm³/mol. The summed E-state index contributed by atoms with van der Waals surface area (Å²) in [6.07, 6.45) is 3.48. The smallest absolute Gasteiger partial charge is 0.236 e. The van der Waals surface area contributed by atoms with E-state index in [9.17, 15) is 14.9 Å². The number of ketones is 1. The average Bonchev–Trinajstić information content (AvgIpc) is 3.46. The van der Waals surface area contributed by atoms with E-state index in [1.165, 1.54) is 29.4 Å². The minimum atomic E-state index is -0.547. The quantitative estimate of drug-likeness (QED) is 0.566. The maximum Gasteiger partial charge on any atom is 0.236 e. The molecule has 1 unspecified atom stereocenters. The Morgan fingerprint density at radius 1 is 1.31 bits per heavy atom. The van der Waals surface area contributed by atoms with Crippen LogP contribution >= 0.6 is 23.1 Å². The summed E-state index contributed by atoms with van der Waals surface area (Å²) in [5.41, 5.74) is 2.65. The highest BCUT2D eigenvalue weighted by atomic mass is 32.2. The van der Waals surface area contributed by atoms with Gasteiger partial charge in [0.15, 0.2) is 10.9 Å². The number of thioether (sulfide) groups is 1. The number of allylic oxidation sites excluding steroid dienone is 3. The summed E-state index contributed by atoms with van der Waals surface area (Å²) in [7, 11) is 0. The third-order valence-electron chi connectivity index (χ3n) is 5.38. The molecule has 1 aromatic carbocycles. The summed E-state index contributed by atoms with van der Waals surface area (Å²) >= 11 is 2.66. The summed E-state index contributed by atoms with van der Waals surface area (Å²) in [5.74, 6) is -0.0675. The summed E-state index contributed by atoms with van der Waals surface area (Å²) in [6, 6.07) is 13.5. The van der Waals surface area contributed by atoms with Crippen molar-refractivity contribution in [3.63, 3.8) is 0 Å². The Morgan fingerprint density at radius 3 is 2.97 bits per heavy atom. The minimum absolute atomic E-state index is 0.0329. The number of aromatic nitrogens is 1. The van der Waals surface area contributed by atoms with Gasteiger partial charge in [0, 0.05) is 17.7 Å². The van der Waals surface area contributed by atoms with Crippen molar-refractivity contribution in [3.05, 3.63) is 70.3 Å². The number of carbonyl (C=O) groups excluding carboxylic acids is 2. The Hall–Kier alpha value is -3.35. The summed E-state index contributed by atoms with van der Waals surface area (Å²) in [6.45, 7) is 0. The van der Waals surface area contributed by atoms with Gasteiger partial charge in [-0.05, 0) is 37.1 Å². The zero-order chi connectivity index (χ0) is 22.1. The number of fused-ring (bicyclic) bond motifs is 1. The summed E-state index contributed by atoms with van der Waals surface area (Å²) < 4.78 is 6.59. The first-order valence-corrected chi connectivity index (χ1v) is 11.9. The van der Waals surface area contributed by atoms with Crippen LogP contribution in [0.3, 0.4) is 0 Å². The van der Waals surface area contributed by atoms with Crippen LogP contribution in [-0.4, -0.2) is 22.4 Å². The number of anilines is 1. The van der Waals surface area contributed by atoms with E-state index < -0.39 is 5.92 Å². The molecule has 2 aliphatic rings. The Balaban J connectivity index is 1.37. The largest absolute Gasteiger partial charge is 0.468 e. The second-order valence-corrected chi connectivity index (χ2v) is 9.44. The second kappa shape index (κ2) is 8.65. The molecule has 160 valence electrons. The molecule has 0 fully saturated rings. The highest BCUT2D eigenvalue weighted by Crippen LogP contribution is 2.44. The predicted octanol–water partition coefficient (Wildman–Crippen LogP) is 4.69. The molecule has 1 aliphatic carbocycles. The van der Waals surface area contributed by atoms with Crippen molar-refractivity contribution in [1.29, 1.82) is 5.26 Å². The van der Waals surface area contributed by atoms with Crippen LogP contribution in [0.25, 0.3) is 10.2 Å². The van der Waals surface area contributed by atoms with Crippen LogP contribution < -0.4 is 10.6 Å². The molecule has 32 heavy (non-hydrogen) atoms. The van der Waals surface area contributed by atoms with Crippen LogP contribution in [0.2, 0.25) is 0 Å². The number of thiazole rings is 1. The first-order valence-electron chi connectivity index (χ1n) is 10.1. The molecule has 0 spiro atoms. The first-order chi connectivity index (χ1) is 15.6. The summed E-state index contributed by atoms with van der Waals surface area (Å²) in [5, 5.41) is 17.2. The third-order valence-corrected chi connectivity index (χ3v) is 7.35. The third kappa shape index (κ3) is 3.83. The Labute approximate surface area is 192 Å². The van der Waals surface area contributed by atoms with Gasteiger partial charge in [0.25, 0.3) is 0 Å². The van der Waals surface area contributed by atoms with Gasteiger partial charge in [-0.15, -0.1) is 0 Å². The molecular weight excluding hydrogens is 444 g/mol. The van der Waals surface area contributed by atoms with Crippen LogP contribution in [0.4, 0.5) is 5.13 Å². The minimum Gasteiger partial charge on any atom is -0.468 e. The van der Waals surface area contributed by atoms with Gasteiger partial charge in [-0.1, -0.05) is 35.2 Å². The average molecular weight is 463 g/mol. The molecule has 3 aromatic rings. The molecule has 0 radical (unpaired) electrons. The monoisotopic (exact) mass is 462 g/mol. The van der Waals surface area contributed by atoms with Gasteiger partial charge >= 0.3 is 0 Å². The van der Waals surface area contributed by atoms with Gasteiger partial charge in [0.05, 0.1) is 44.8 Å². The van der Waals surface area contributed by atoms with Crippen LogP contribution in [0, 0.1) is 11.3 Å². The standard InChI is InChI=1S/C23H18N4O3S2/c24-11-13-20(17-8-4-10-30-17)21-15(6-3-7-16(21)28)25-22(13)31-12-19(29)27-23-26-14-5-1-2-9-18(14)32-23/h1-2,4-5,8-10,20,25H,3,6-7,12H2,(H,26,27,29). The lowest BCUT2D eigenvalue weighted by molar-refractivity contribution is -0.116. The molecule has 3 heterocycles. The van der Waals surface area contributed by atoms with Gasteiger partial charge in [0.2, 0.25) is 5.91 Å². The van der Waals surface area contributed by atoms with E-state index >= 15 is 0 Å². The van der Waals surface area contributed by atoms with Gasteiger partial charge in [-0.3, -0.25) is 9.59 Å². The zero-order valence-corrected chi connectivity index (χ0v) is 18.5. The van der Waals surface area contributed by atoms with Crippen LogP contribution in [0.5, 0.6) is 0 Å². The molecule has 2 N–H and O–H groups in total. The van der Waals surface area contributed by atoms with E-state index in [1.807, 2.05) is 24.3 Å². The number of hydrogen-bond donors (Lipinski definition) is 2. The Kier molecular flexibility index (Phi) is 5.55. The number of nitrogens with one attached hydrogen (secondary N) is 2. The molecule has 2 aromatic heterocycles. The van der Waals surface area contributed by atoms with E-state index in [0.29, 0.717) is 33.5 Å². The SMILES string of the molecule is N#CC1=C(SCC(=O)Nc2nc3ccccc3s2)NC2=C(C(=O)CCC2)C1c1ccco1.